The molecule has 1 heterocycles. The minimum Gasteiger partial charge on any atom is -0.479 e. The fourth-order valence-electron chi connectivity index (χ4n) is 8.58. The Hall–Kier alpha value is -2.05. The molecule has 1 fully saturated rings. The average Bonchev–Trinajstić information content (AvgIpc) is 3.29. The van der Waals surface area contributed by atoms with Crippen molar-refractivity contribution in [3.05, 3.63) is 12.2 Å². The van der Waals surface area contributed by atoms with E-state index < -0.39 is 54.7 Å². The molecule has 0 radical (unpaired) electrons. The van der Waals surface area contributed by atoms with Crippen molar-refractivity contribution in [2.24, 2.45) is 0 Å². The highest BCUT2D eigenvalue weighted by Gasteiger charge is 2.47. The third kappa shape index (κ3) is 35.7. The van der Waals surface area contributed by atoms with Gasteiger partial charge in [0.05, 0.1) is 6.61 Å². The van der Waals surface area contributed by atoms with Crippen molar-refractivity contribution in [3.63, 3.8) is 0 Å². The molecule has 0 aromatic heterocycles. The van der Waals surface area contributed by atoms with Crippen LogP contribution in [0, 0.1) is 0 Å². The van der Waals surface area contributed by atoms with E-state index in [1.165, 1.54) is 186 Å². The summed E-state index contributed by atoms with van der Waals surface area (Å²) in [5.41, 5.74) is 0. The van der Waals surface area contributed by atoms with Gasteiger partial charge in [0, 0.05) is 12.8 Å². The molecule has 1 saturated heterocycles. The highest BCUT2D eigenvalue weighted by Crippen LogP contribution is 2.23. The predicted molar refractivity (Wildman–Crippen MR) is 262 cm³/mol. The molecule has 6 unspecified atom stereocenters. The third-order valence-corrected chi connectivity index (χ3v) is 12.9. The summed E-state index contributed by atoms with van der Waals surface area (Å²) in [6.07, 6.45) is 41.2. The number of allylic oxidation sites excluding steroid dienone is 2. The Morgan fingerprint density at radius 1 is 0.462 bits per heavy atom. The van der Waals surface area contributed by atoms with Crippen LogP contribution >= 0.6 is 0 Å². The number of ether oxygens (including phenoxy) is 4. The zero-order valence-corrected chi connectivity index (χ0v) is 41.8. The Labute approximate surface area is 397 Å². The monoisotopic (exact) mass is 925 g/mol. The van der Waals surface area contributed by atoms with Gasteiger partial charge in [-0.3, -0.25) is 9.59 Å². The Morgan fingerprint density at radius 3 is 1.20 bits per heavy atom. The molecule has 11 heteroatoms. The number of carbonyl (C=O) groups excluding carboxylic acids is 2. The maximum absolute atomic E-state index is 12.8. The molecule has 0 bridgehead atoms. The summed E-state index contributed by atoms with van der Waals surface area (Å²) in [6, 6.07) is 0. The van der Waals surface area contributed by atoms with E-state index in [2.05, 4.69) is 26.0 Å². The quantitative estimate of drug-likeness (QED) is 0.0260. The molecule has 0 amide bonds. The second-order valence-corrected chi connectivity index (χ2v) is 19.1. The number of hydrogen-bond donors (Lipinski definition) is 4. The van der Waals surface area contributed by atoms with E-state index in [0.717, 1.165) is 38.5 Å². The Morgan fingerprint density at radius 2 is 0.815 bits per heavy atom. The number of carboxylic acids is 1. The maximum Gasteiger partial charge on any atom is 0.335 e. The second kappa shape index (κ2) is 44.5. The van der Waals surface area contributed by atoms with E-state index in [4.69, 9.17) is 18.9 Å². The molecule has 1 aliphatic rings. The van der Waals surface area contributed by atoms with Crippen molar-refractivity contribution in [2.45, 2.75) is 301 Å². The largest absolute Gasteiger partial charge is 0.479 e. The number of aliphatic carboxylic acids is 1. The molecule has 65 heavy (non-hydrogen) atoms. The van der Waals surface area contributed by atoms with Gasteiger partial charge in [-0.15, -0.1) is 0 Å². The van der Waals surface area contributed by atoms with Gasteiger partial charge in [0.1, 0.15) is 24.9 Å². The Balaban J connectivity index is 2.24. The van der Waals surface area contributed by atoms with Gasteiger partial charge in [-0.1, -0.05) is 225 Å². The number of rotatable bonds is 47. The molecule has 0 aromatic rings. The lowest BCUT2D eigenvalue weighted by molar-refractivity contribution is -0.298. The summed E-state index contributed by atoms with van der Waals surface area (Å²) in [5, 5.41) is 40.0. The van der Waals surface area contributed by atoms with Gasteiger partial charge in [-0.25, -0.2) is 4.79 Å². The molecule has 4 N–H and O–H groups in total. The predicted octanol–water partition coefficient (Wildman–Crippen LogP) is 13.2. The van der Waals surface area contributed by atoms with Crippen LogP contribution in [0.4, 0.5) is 0 Å². The number of carboxylic acid groups (broad SMARTS) is 1. The van der Waals surface area contributed by atoms with Crippen LogP contribution in [0.2, 0.25) is 0 Å². The number of aliphatic hydroxyl groups is 3. The molecular formula is C54H100O11. The van der Waals surface area contributed by atoms with E-state index in [0.29, 0.717) is 12.8 Å². The molecular weight excluding hydrogens is 825 g/mol. The third-order valence-electron chi connectivity index (χ3n) is 12.9. The fraction of sp³-hybridized carbons (Fsp3) is 0.907. The molecule has 6 atom stereocenters. The molecule has 1 rings (SSSR count). The number of esters is 2. The normalized spacial score (nSPS) is 19.2. The highest BCUT2D eigenvalue weighted by molar-refractivity contribution is 5.73. The fourth-order valence-corrected chi connectivity index (χ4v) is 8.58. The van der Waals surface area contributed by atoms with Crippen molar-refractivity contribution < 1.29 is 53.8 Å². The van der Waals surface area contributed by atoms with Crippen molar-refractivity contribution >= 4 is 17.9 Å². The van der Waals surface area contributed by atoms with Crippen LogP contribution < -0.4 is 0 Å². The van der Waals surface area contributed by atoms with Crippen molar-refractivity contribution in [2.75, 3.05) is 13.2 Å². The van der Waals surface area contributed by atoms with E-state index in [1.54, 1.807) is 0 Å². The van der Waals surface area contributed by atoms with Crippen LogP contribution in [-0.2, 0) is 33.3 Å². The molecule has 0 aliphatic carbocycles. The number of hydrogen-bond acceptors (Lipinski definition) is 10. The molecule has 382 valence electrons. The maximum atomic E-state index is 12.8. The SMILES string of the molecule is CCCCCCCCCC/C=C\CCCCCCCCCCCCCC(=O)OCC(COC1OC(C(=O)O)C(O)C(O)C1O)OC(=O)CCCCCCCCCCCCCCCCCC. The molecule has 0 aromatic carbocycles. The van der Waals surface area contributed by atoms with Crippen LogP contribution in [0.1, 0.15) is 264 Å². The number of aliphatic hydroxyl groups excluding tert-OH is 3. The number of unbranched alkanes of at least 4 members (excludes halogenated alkanes) is 34. The topological polar surface area (TPSA) is 169 Å². The lowest BCUT2D eigenvalue weighted by Gasteiger charge is -2.38. The van der Waals surface area contributed by atoms with Gasteiger partial charge in [0.25, 0.3) is 0 Å². The van der Waals surface area contributed by atoms with E-state index >= 15 is 0 Å². The first-order valence-electron chi connectivity index (χ1n) is 27.2. The molecule has 1 aliphatic heterocycles. The summed E-state index contributed by atoms with van der Waals surface area (Å²) in [4.78, 5) is 37.0. The van der Waals surface area contributed by atoms with Crippen LogP contribution in [0.5, 0.6) is 0 Å². The van der Waals surface area contributed by atoms with Crippen LogP contribution in [0.25, 0.3) is 0 Å². The van der Waals surface area contributed by atoms with E-state index in [9.17, 15) is 34.8 Å². The van der Waals surface area contributed by atoms with Crippen molar-refractivity contribution in [1.82, 2.24) is 0 Å². The van der Waals surface area contributed by atoms with Gasteiger partial charge in [0.2, 0.25) is 0 Å². The van der Waals surface area contributed by atoms with Gasteiger partial charge in [-0.2, -0.15) is 0 Å². The van der Waals surface area contributed by atoms with Crippen LogP contribution in [0.15, 0.2) is 12.2 Å². The van der Waals surface area contributed by atoms with Crippen LogP contribution in [0.3, 0.4) is 0 Å². The summed E-state index contributed by atoms with van der Waals surface area (Å²) < 4.78 is 21.9. The lowest BCUT2D eigenvalue weighted by atomic mass is 9.99. The first-order valence-corrected chi connectivity index (χ1v) is 27.2. The van der Waals surface area contributed by atoms with Gasteiger partial charge in [0.15, 0.2) is 18.5 Å². The van der Waals surface area contributed by atoms with E-state index in [1.807, 2.05) is 0 Å². The highest BCUT2D eigenvalue weighted by atomic mass is 16.7. The number of carbonyl (C=O) groups is 3. The summed E-state index contributed by atoms with van der Waals surface area (Å²) in [5.74, 6) is -2.42. The second-order valence-electron chi connectivity index (χ2n) is 19.1. The first kappa shape index (κ1) is 61.0. The standard InChI is InChI=1S/C54H100O11/c1-3-5-7-9-11-13-15-17-19-21-22-23-24-25-26-27-29-30-32-34-36-38-40-42-47(55)62-44-46(45-63-54-51(59)49(57)50(58)52(65-54)53(60)61)64-48(56)43-41-39-37-35-33-31-28-20-18-16-14-12-10-8-6-4-2/h21-22,46,49-52,54,57-59H,3-20,23-45H2,1-2H3,(H,60,61)/b22-21-. The summed E-state index contributed by atoms with van der Waals surface area (Å²) >= 11 is 0. The molecule has 0 spiro atoms. The molecule has 11 nitrogen and oxygen atoms in total. The van der Waals surface area contributed by atoms with Crippen LogP contribution in [-0.4, -0.2) is 88.4 Å². The zero-order chi connectivity index (χ0) is 47.4. The van der Waals surface area contributed by atoms with Gasteiger partial charge in [-0.05, 0) is 38.5 Å². The minimum absolute atomic E-state index is 0.189. The first-order chi connectivity index (χ1) is 31.7. The average molecular weight is 925 g/mol. The van der Waals surface area contributed by atoms with E-state index in [-0.39, 0.29) is 26.1 Å². The summed E-state index contributed by atoms with van der Waals surface area (Å²) in [7, 11) is 0. The smallest absolute Gasteiger partial charge is 0.335 e. The molecule has 0 saturated carbocycles. The Kier molecular flexibility index (Phi) is 41.7. The van der Waals surface area contributed by atoms with Crippen molar-refractivity contribution in [3.8, 4) is 0 Å². The zero-order valence-electron chi connectivity index (χ0n) is 41.8. The lowest BCUT2D eigenvalue weighted by Crippen LogP contribution is -2.60. The van der Waals surface area contributed by atoms with Gasteiger partial charge >= 0.3 is 17.9 Å². The minimum atomic E-state index is -1.86. The summed E-state index contributed by atoms with van der Waals surface area (Å²) in [6.45, 7) is 3.86. The Bertz CT molecular complexity index is 1130. The van der Waals surface area contributed by atoms with Gasteiger partial charge < -0.3 is 39.4 Å². The van der Waals surface area contributed by atoms with Crippen molar-refractivity contribution in [1.29, 1.82) is 0 Å².